The smallest absolute Gasteiger partial charge is 0.137 e. The minimum absolute atomic E-state index is 0.252. The predicted octanol–water partition coefficient (Wildman–Crippen LogP) is 6.15. The van der Waals surface area contributed by atoms with Crippen LogP contribution in [0.25, 0.3) is 22.0 Å². The van der Waals surface area contributed by atoms with Crippen molar-refractivity contribution in [3.05, 3.63) is 58.7 Å². The third-order valence-corrected chi connectivity index (χ3v) is 4.31. The molecule has 1 heterocycles. The molecule has 0 saturated heterocycles. The maximum absolute atomic E-state index is 12.9. The summed E-state index contributed by atoms with van der Waals surface area (Å²) in [6, 6.07) is 13.5. The summed E-state index contributed by atoms with van der Waals surface area (Å²) >= 11 is 6.65. The van der Waals surface area contributed by atoms with Gasteiger partial charge in [0.1, 0.15) is 5.15 Å². The number of hydrogen-bond donors (Lipinski definition) is 0. The van der Waals surface area contributed by atoms with Crippen LogP contribution in [0.4, 0.5) is 3.89 Å². The van der Waals surface area contributed by atoms with Gasteiger partial charge in [0.05, 0.1) is 17.7 Å². The molecule has 106 valence electrons. The summed E-state index contributed by atoms with van der Waals surface area (Å²) in [5.41, 5.74) is 4.71. The molecule has 2 aromatic carbocycles. The van der Waals surface area contributed by atoms with Gasteiger partial charge in [-0.2, -0.15) is 3.89 Å². The van der Waals surface area contributed by atoms with Crippen molar-refractivity contribution in [3.8, 4) is 11.1 Å². The third kappa shape index (κ3) is 2.52. The van der Waals surface area contributed by atoms with E-state index in [1.54, 1.807) is 6.07 Å². The number of halogens is 2. The molecule has 0 spiro atoms. The van der Waals surface area contributed by atoms with Crippen LogP contribution in [0.5, 0.6) is 0 Å². The van der Waals surface area contributed by atoms with E-state index in [4.69, 9.17) is 11.6 Å². The van der Waals surface area contributed by atoms with Crippen molar-refractivity contribution in [1.82, 2.24) is 4.98 Å². The van der Waals surface area contributed by atoms with Crippen LogP contribution in [0, 0.1) is 13.8 Å². The van der Waals surface area contributed by atoms with Crippen LogP contribution < -0.4 is 0 Å². The maximum Gasteiger partial charge on any atom is 0.137 e. The lowest BCUT2D eigenvalue weighted by atomic mass is 9.97. The standard InChI is InChI=1S/C17H13ClFNS/c1-10-8-13(21-19)9-14-11(2)15(17(18)20-16(10)14)12-6-4-3-5-7-12/h3-9H,1-2H3. The minimum atomic E-state index is 0.252. The van der Waals surface area contributed by atoms with Crippen LogP contribution in [0.15, 0.2) is 47.4 Å². The number of pyridine rings is 1. The summed E-state index contributed by atoms with van der Waals surface area (Å²) in [5.74, 6) is 0. The Morgan fingerprint density at radius 2 is 1.81 bits per heavy atom. The zero-order valence-corrected chi connectivity index (χ0v) is 13.2. The van der Waals surface area contributed by atoms with Crippen molar-refractivity contribution in [2.45, 2.75) is 18.7 Å². The number of nitrogens with zero attached hydrogens (tertiary/aromatic N) is 1. The van der Waals surface area contributed by atoms with Crippen LogP contribution in [0.3, 0.4) is 0 Å². The first kappa shape index (κ1) is 14.4. The largest absolute Gasteiger partial charge is 0.235 e. The molecule has 0 N–H and O–H groups in total. The van der Waals surface area contributed by atoms with E-state index in [1.165, 1.54) is 0 Å². The van der Waals surface area contributed by atoms with E-state index in [9.17, 15) is 3.89 Å². The maximum atomic E-state index is 12.9. The average molecular weight is 318 g/mol. The van der Waals surface area contributed by atoms with E-state index >= 15 is 0 Å². The molecule has 0 fully saturated rings. The Balaban J connectivity index is 2.37. The quantitative estimate of drug-likeness (QED) is 0.526. The predicted molar refractivity (Wildman–Crippen MR) is 88.6 cm³/mol. The Labute approximate surface area is 132 Å². The zero-order chi connectivity index (χ0) is 15.0. The SMILES string of the molecule is Cc1c(-c2ccccc2)c(Cl)nc2c(C)cc(SF)cc12. The number of aromatic nitrogens is 1. The molecule has 0 unspecified atom stereocenters. The summed E-state index contributed by atoms with van der Waals surface area (Å²) in [4.78, 5) is 5.11. The first-order valence-corrected chi connectivity index (χ1v) is 7.65. The Kier molecular flexibility index (Phi) is 3.87. The van der Waals surface area contributed by atoms with Gasteiger partial charge in [0, 0.05) is 15.8 Å². The second-order valence-electron chi connectivity index (χ2n) is 4.98. The molecular formula is C17H13ClFNS. The third-order valence-electron chi connectivity index (χ3n) is 3.62. The van der Waals surface area contributed by atoms with Gasteiger partial charge in [0.15, 0.2) is 0 Å². The highest BCUT2D eigenvalue weighted by Crippen LogP contribution is 2.37. The van der Waals surface area contributed by atoms with Crippen molar-refractivity contribution >= 4 is 34.7 Å². The molecule has 0 bridgehead atoms. The van der Waals surface area contributed by atoms with Crippen molar-refractivity contribution in [2.24, 2.45) is 0 Å². The molecule has 3 aromatic rings. The Morgan fingerprint density at radius 3 is 2.48 bits per heavy atom. The van der Waals surface area contributed by atoms with Gasteiger partial charge in [-0.1, -0.05) is 41.9 Å². The summed E-state index contributed by atoms with van der Waals surface area (Å²) in [5, 5.41) is 1.42. The van der Waals surface area contributed by atoms with Crippen LogP contribution in [0.1, 0.15) is 11.1 Å². The highest BCUT2D eigenvalue weighted by molar-refractivity contribution is 7.94. The van der Waals surface area contributed by atoms with Gasteiger partial charge in [0.25, 0.3) is 0 Å². The molecule has 0 aliphatic carbocycles. The zero-order valence-electron chi connectivity index (χ0n) is 11.7. The van der Waals surface area contributed by atoms with Gasteiger partial charge in [-0.25, -0.2) is 4.98 Å². The summed E-state index contributed by atoms with van der Waals surface area (Å²) < 4.78 is 12.9. The molecule has 0 atom stereocenters. The highest BCUT2D eigenvalue weighted by atomic mass is 35.5. The van der Waals surface area contributed by atoms with Crippen molar-refractivity contribution in [3.63, 3.8) is 0 Å². The molecule has 21 heavy (non-hydrogen) atoms. The normalized spacial score (nSPS) is 11.0. The molecule has 0 radical (unpaired) electrons. The van der Waals surface area contributed by atoms with Crippen molar-refractivity contribution < 1.29 is 3.89 Å². The average Bonchev–Trinajstić information content (AvgIpc) is 2.49. The molecular weight excluding hydrogens is 305 g/mol. The molecule has 4 heteroatoms. The second kappa shape index (κ2) is 5.66. The van der Waals surface area contributed by atoms with Gasteiger partial charge >= 0.3 is 0 Å². The lowest BCUT2D eigenvalue weighted by Gasteiger charge is -2.13. The fourth-order valence-corrected chi connectivity index (χ4v) is 3.33. The van der Waals surface area contributed by atoms with E-state index in [-0.39, 0.29) is 12.1 Å². The number of hydrogen-bond acceptors (Lipinski definition) is 2. The monoisotopic (exact) mass is 317 g/mol. The topological polar surface area (TPSA) is 12.9 Å². The second-order valence-corrected chi connectivity index (χ2v) is 5.97. The minimum Gasteiger partial charge on any atom is -0.235 e. The number of aryl methyl sites for hydroxylation is 2. The lowest BCUT2D eigenvalue weighted by molar-refractivity contribution is 0.934. The van der Waals surface area contributed by atoms with Crippen molar-refractivity contribution in [2.75, 3.05) is 0 Å². The van der Waals surface area contributed by atoms with E-state index in [2.05, 4.69) is 4.98 Å². The number of rotatable bonds is 2. The molecule has 0 amide bonds. The van der Waals surface area contributed by atoms with E-state index in [0.717, 1.165) is 33.2 Å². The molecule has 1 nitrogen and oxygen atoms in total. The molecule has 0 saturated carbocycles. The highest BCUT2D eigenvalue weighted by Gasteiger charge is 2.14. The van der Waals surface area contributed by atoms with Crippen LogP contribution in [0.2, 0.25) is 5.15 Å². The molecule has 0 aliphatic rings. The van der Waals surface area contributed by atoms with Gasteiger partial charge in [0.2, 0.25) is 0 Å². The van der Waals surface area contributed by atoms with Crippen LogP contribution in [-0.4, -0.2) is 4.98 Å². The summed E-state index contributed by atoms with van der Waals surface area (Å²) in [7, 11) is 0. The van der Waals surface area contributed by atoms with Gasteiger partial charge in [-0.3, -0.25) is 0 Å². The fraction of sp³-hybridized carbons (Fsp3) is 0.118. The Morgan fingerprint density at radius 1 is 1.10 bits per heavy atom. The van der Waals surface area contributed by atoms with Gasteiger partial charge < -0.3 is 0 Å². The molecule has 0 aliphatic heterocycles. The lowest BCUT2D eigenvalue weighted by Crippen LogP contribution is -1.94. The van der Waals surface area contributed by atoms with E-state index in [1.807, 2.05) is 50.2 Å². The fourth-order valence-electron chi connectivity index (χ4n) is 2.61. The Bertz CT molecular complexity index is 818. The number of benzene rings is 2. The van der Waals surface area contributed by atoms with Crippen molar-refractivity contribution in [1.29, 1.82) is 0 Å². The van der Waals surface area contributed by atoms with Gasteiger partial charge in [-0.15, -0.1) is 0 Å². The van der Waals surface area contributed by atoms with E-state index in [0.29, 0.717) is 10.0 Å². The first-order valence-electron chi connectivity index (χ1n) is 6.56. The van der Waals surface area contributed by atoms with Crippen LogP contribution >= 0.6 is 23.7 Å². The molecule has 3 rings (SSSR count). The van der Waals surface area contributed by atoms with Gasteiger partial charge in [-0.05, 0) is 42.7 Å². The van der Waals surface area contributed by atoms with E-state index < -0.39 is 0 Å². The first-order chi connectivity index (χ1) is 10.1. The van der Waals surface area contributed by atoms with Crippen LogP contribution in [-0.2, 0) is 0 Å². The summed E-state index contributed by atoms with van der Waals surface area (Å²) in [6.45, 7) is 3.93. The Hall–Kier alpha value is -1.58. The summed E-state index contributed by atoms with van der Waals surface area (Å²) in [6.07, 6.45) is 0. The molecule has 1 aromatic heterocycles. The number of fused-ring (bicyclic) bond motifs is 1.